The van der Waals surface area contributed by atoms with Crippen molar-refractivity contribution >= 4 is 15.7 Å². The molecule has 3 N–H and O–H groups in total. The Morgan fingerprint density at radius 3 is 2.57 bits per heavy atom. The number of anilines is 1. The molecule has 5 nitrogen and oxygen atoms in total. The molecular weight excluding hydrogens is 286 g/mol. The summed E-state index contributed by atoms with van der Waals surface area (Å²) in [6.07, 6.45) is 2.04. The van der Waals surface area contributed by atoms with Crippen molar-refractivity contribution in [2.45, 2.75) is 19.4 Å². The quantitative estimate of drug-likeness (QED) is 0.798. The van der Waals surface area contributed by atoms with E-state index in [0.717, 1.165) is 11.3 Å². The first-order valence-corrected chi connectivity index (χ1v) is 8.37. The van der Waals surface area contributed by atoms with Crippen LogP contribution in [0, 0.1) is 0 Å². The topological polar surface area (TPSA) is 85.1 Å². The van der Waals surface area contributed by atoms with Gasteiger partial charge in [-0.1, -0.05) is 24.3 Å². The standard InChI is InChI=1S/C15H19N3O2S/c1-12(14-7-2-3-8-15(14)16)18-21(19,20)11-9-13-6-4-5-10-17-13/h2-8,10,12,18H,9,11,16H2,1H3. The van der Waals surface area contributed by atoms with E-state index in [1.165, 1.54) is 0 Å². The number of aromatic nitrogens is 1. The minimum Gasteiger partial charge on any atom is -0.398 e. The monoisotopic (exact) mass is 305 g/mol. The third-order valence-electron chi connectivity index (χ3n) is 3.17. The van der Waals surface area contributed by atoms with Crippen LogP contribution in [0.1, 0.15) is 24.2 Å². The van der Waals surface area contributed by atoms with E-state index in [1.807, 2.05) is 30.3 Å². The van der Waals surface area contributed by atoms with Crippen molar-refractivity contribution in [1.29, 1.82) is 0 Å². The van der Waals surface area contributed by atoms with E-state index < -0.39 is 10.0 Å². The number of hydrogen-bond acceptors (Lipinski definition) is 4. The number of nitrogens with two attached hydrogens (primary N) is 1. The Morgan fingerprint density at radius 1 is 1.19 bits per heavy atom. The molecule has 0 aliphatic carbocycles. The second-order valence-electron chi connectivity index (χ2n) is 4.86. The fourth-order valence-corrected chi connectivity index (χ4v) is 3.34. The summed E-state index contributed by atoms with van der Waals surface area (Å²) < 4.78 is 26.9. The molecule has 6 heteroatoms. The Balaban J connectivity index is 1.99. The highest BCUT2D eigenvalue weighted by Gasteiger charge is 2.17. The van der Waals surface area contributed by atoms with Crippen LogP contribution >= 0.6 is 0 Å². The van der Waals surface area contributed by atoms with E-state index in [2.05, 4.69) is 9.71 Å². The number of benzene rings is 1. The van der Waals surface area contributed by atoms with Gasteiger partial charge in [-0.25, -0.2) is 13.1 Å². The molecule has 2 aromatic rings. The second kappa shape index (κ2) is 6.69. The lowest BCUT2D eigenvalue weighted by molar-refractivity contribution is 0.566. The average molecular weight is 305 g/mol. The molecule has 1 aromatic heterocycles. The molecule has 0 aliphatic rings. The number of sulfonamides is 1. The molecule has 2 rings (SSSR count). The summed E-state index contributed by atoms with van der Waals surface area (Å²) >= 11 is 0. The fourth-order valence-electron chi connectivity index (χ4n) is 2.08. The Labute approximate surface area is 125 Å². The molecule has 0 saturated heterocycles. The molecule has 0 bridgehead atoms. The van der Waals surface area contributed by atoms with E-state index in [-0.39, 0.29) is 11.8 Å². The third-order valence-corrected chi connectivity index (χ3v) is 4.63. The van der Waals surface area contributed by atoms with Crippen molar-refractivity contribution in [3.63, 3.8) is 0 Å². The lowest BCUT2D eigenvalue weighted by Gasteiger charge is -2.16. The third kappa shape index (κ3) is 4.54. The molecule has 0 spiro atoms. The summed E-state index contributed by atoms with van der Waals surface area (Å²) in [5.74, 6) is 0.00108. The van der Waals surface area contributed by atoms with Gasteiger partial charge in [0.05, 0.1) is 5.75 Å². The Morgan fingerprint density at radius 2 is 1.90 bits per heavy atom. The van der Waals surface area contributed by atoms with Crippen molar-refractivity contribution in [2.75, 3.05) is 11.5 Å². The zero-order valence-electron chi connectivity index (χ0n) is 11.9. The SMILES string of the molecule is CC(NS(=O)(=O)CCc1ccccn1)c1ccccc1N. The molecule has 1 atom stereocenters. The van der Waals surface area contributed by atoms with Crippen molar-refractivity contribution in [1.82, 2.24) is 9.71 Å². The number of nitrogens with zero attached hydrogens (tertiary/aromatic N) is 1. The van der Waals surface area contributed by atoms with Crippen LogP contribution in [0.3, 0.4) is 0 Å². The van der Waals surface area contributed by atoms with E-state index >= 15 is 0 Å². The van der Waals surface area contributed by atoms with Crippen LogP contribution in [0.5, 0.6) is 0 Å². The first kappa shape index (κ1) is 15.5. The van der Waals surface area contributed by atoms with Crippen LogP contribution < -0.4 is 10.5 Å². The van der Waals surface area contributed by atoms with Crippen molar-refractivity contribution in [3.8, 4) is 0 Å². The molecule has 0 radical (unpaired) electrons. The zero-order valence-corrected chi connectivity index (χ0v) is 12.7. The van der Waals surface area contributed by atoms with Crippen molar-refractivity contribution < 1.29 is 8.42 Å². The zero-order chi connectivity index (χ0) is 15.3. The Bertz CT molecular complexity index is 687. The van der Waals surface area contributed by atoms with Gasteiger partial charge >= 0.3 is 0 Å². The normalized spacial score (nSPS) is 13.0. The lowest BCUT2D eigenvalue weighted by atomic mass is 10.1. The van der Waals surface area contributed by atoms with Gasteiger partial charge in [0.25, 0.3) is 0 Å². The summed E-state index contributed by atoms with van der Waals surface area (Å²) in [5.41, 5.74) is 7.98. The van der Waals surface area contributed by atoms with E-state index in [9.17, 15) is 8.42 Å². The molecule has 0 saturated carbocycles. The molecule has 112 valence electrons. The van der Waals surface area contributed by atoms with Gasteiger partial charge in [-0.2, -0.15) is 0 Å². The summed E-state index contributed by atoms with van der Waals surface area (Å²) in [7, 11) is -3.39. The highest BCUT2D eigenvalue weighted by Crippen LogP contribution is 2.20. The van der Waals surface area contributed by atoms with Gasteiger partial charge < -0.3 is 5.73 Å². The molecular formula is C15H19N3O2S. The maximum atomic E-state index is 12.1. The van der Waals surface area contributed by atoms with Crippen LogP contribution in [-0.4, -0.2) is 19.2 Å². The maximum absolute atomic E-state index is 12.1. The highest BCUT2D eigenvalue weighted by atomic mass is 32.2. The lowest BCUT2D eigenvalue weighted by Crippen LogP contribution is -2.30. The van der Waals surface area contributed by atoms with Gasteiger partial charge in [-0.15, -0.1) is 0 Å². The largest absolute Gasteiger partial charge is 0.398 e. The number of nitrogens with one attached hydrogen (secondary N) is 1. The van der Waals surface area contributed by atoms with E-state index in [4.69, 9.17) is 5.73 Å². The number of pyridine rings is 1. The first-order chi connectivity index (χ1) is 9.98. The van der Waals surface area contributed by atoms with Gasteiger partial charge in [0.2, 0.25) is 10.0 Å². The highest BCUT2D eigenvalue weighted by molar-refractivity contribution is 7.89. The minimum atomic E-state index is -3.39. The molecule has 0 amide bonds. The molecule has 1 unspecified atom stereocenters. The van der Waals surface area contributed by atoms with Crippen LogP contribution in [-0.2, 0) is 16.4 Å². The summed E-state index contributed by atoms with van der Waals surface area (Å²) in [6.45, 7) is 1.78. The van der Waals surface area contributed by atoms with Crippen molar-refractivity contribution in [3.05, 3.63) is 59.9 Å². The molecule has 0 fully saturated rings. The predicted molar refractivity (Wildman–Crippen MR) is 84.1 cm³/mol. The van der Waals surface area contributed by atoms with Crippen molar-refractivity contribution in [2.24, 2.45) is 0 Å². The molecule has 21 heavy (non-hydrogen) atoms. The van der Waals surface area contributed by atoms with Crippen LogP contribution in [0.4, 0.5) is 5.69 Å². The predicted octanol–water partition coefficient (Wildman–Crippen LogP) is 1.89. The first-order valence-electron chi connectivity index (χ1n) is 6.72. The average Bonchev–Trinajstić information content (AvgIpc) is 2.46. The van der Waals surface area contributed by atoms with Gasteiger partial charge in [0, 0.05) is 30.0 Å². The summed E-state index contributed by atoms with van der Waals surface area (Å²) in [6, 6.07) is 12.3. The van der Waals surface area contributed by atoms with Crippen LogP contribution in [0.2, 0.25) is 0 Å². The number of nitrogen functional groups attached to an aromatic ring is 1. The Kier molecular flexibility index (Phi) is 4.93. The molecule has 0 aliphatic heterocycles. The fraction of sp³-hybridized carbons (Fsp3) is 0.267. The summed E-state index contributed by atoms with van der Waals surface area (Å²) in [5, 5.41) is 0. The number of aryl methyl sites for hydroxylation is 1. The maximum Gasteiger partial charge on any atom is 0.212 e. The second-order valence-corrected chi connectivity index (χ2v) is 6.73. The number of rotatable bonds is 6. The summed E-state index contributed by atoms with van der Waals surface area (Å²) in [4.78, 5) is 4.12. The number of para-hydroxylation sites is 1. The van der Waals surface area contributed by atoms with Gasteiger partial charge in [0.15, 0.2) is 0 Å². The van der Waals surface area contributed by atoms with Gasteiger partial charge in [0.1, 0.15) is 0 Å². The van der Waals surface area contributed by atoms with Gasteiger partial charge in [-0.05, 0) is 30.7 Å². The van der Waals surface area contributed by atoms with E-state index in [1.54, 1.807) is 25.3 Å². The minimum absolute atomic E-state index is 0.00108. The van der Waals surface area contributed by atoms with E-state index in [0.29, 0.717) is 12.1 Å². The van der Waals surface area contributed by atoms with Gasteiger partial charge in [-0.3, -0.25) is 4.98 Å². The smallest absolute Gasteiger partial charge is 0.212 e. The number of hydrogen-bond donors (Lipinski definition) is 2. The van der Waals surface area contributed by atoms with Crippen LogP contribution in [0.25, 0.3) is 0 Å². The molecule has 1 aromatic carbocycles. The Hall–Kier alpha value is -1.92. The molecule has 1 heterocycles. The van der Waals surface area contributed by atoms with Crippen LogP contribution in [0.15, 0.2) is 48.7 Å².